The van der Waals surface area contributed by atoms with Crippen molar-refractivity contribution in [2.24, 2.45) is 0 Å². The van der Waals surface area contributed by atoms with Crippen LogP contribution in [0.15, 0.2) is 47.4 Å². The molecule has 2 amide bonds. The van der Waals surface area contributed by atoms with Crippen LogP contribution in [0.25, 0.3) is 6.08 Å². The van der Waals surface area contributed by atoms with Crippen LogP contribution < -0.4 is 20.1 Å². The average molecular weight is 435 g/mol. The van der Waals surface area contributed by atoms with E-state index in [0.717, 1.165) is 11.8 Å². The third kappa shape index (κ3) is 5.25. The predicted molar refractivity (Wildman–Crippen MR) is 115 cm³/mol. The van der Waals surface area contributed by atoms with E-state index in [2.05, 4.69) is 10.6 Å². The fourth-order valence-electron chi connectivity index (χ4n) is 2.37. The standard InChI is InChI=1S/C19H15ClN2O4S2/c1-25-14-4-2-3-13(9-14)21-17(23)10-26-15-6-5-12(20)7-11(15)8-16-18(24)22-19(27)28-16/h2-9H,10H2,1H3,(H,21,23)(H,22,24,27)/b16-8-. The van der Waals surface area contributed by atoms with Crippen LogP contribution in [0, 0.1) is 0 Å². The Kier molecular flexibility index (Phi) is 6.56. The Bertz CT molecular complexity index is 978. The summed E-state index contributed by atoms with van der Waals surface area (Å²) in [6, 6.07) is 11.9. The van der Waals surface area contributed by atoms with Gasteiger partial charge in [-0.1, -0.05) is 41.6 Å². The number of carbonyl (C=O) groups excluding carboxylic acids is 2. The summed E-state index contributed by atoms with van der Waals surface area (Å²) in [4.78, 5) is 24.5. The van der Waals surface area contributed by atoms with E-state index in [9.17, 15) is 9.59 Å². The molecule has 2 N–H and O–H groups in total. The van der Waals surface area contributed by atoms with Gasteiger partial charge in [0.15, 0.2) is 6.61 Å². The van der Waals surface area contributed by atoms with Gasteiger partial charge in [0.25, 0.3) is 11.8 Å². The SMILES string of the molecule is COc1cccc(NC(=O)COc2ccc(Cl)cc2/C=C2\SC(=S)NC2=O)c1. The molecule has 0 aliphatic carbocycles. The smallest absolute Gasteiger partial charge is 0.263 e. The maximum Gasteiger partial charge on any atom is 0.263 e. The van der Waals surface area contributed by atoms with Crippen LogP contribution in [0.3, 0.4) is 0 Å². The first-order valence-electron chi connectivity index (χ1n) is 8.06. The Hall–Kier alpha value is -2.55. The lowest BCUT2D eigenvalue weighted by Gasteiger charge is -2.11. The molecule has 1 fully saturated rings. The summed E-state index contributed by atoms with van der Waals surface area (Å²) in [5.74, 6) is 0.437. The second kappa shape index (κ2) is 9.09. The van der Waals surface area contributed by atoms with Gasteiger partial charge in [0.2, 0.25) is 0 Å². The van der Waals surface area contributed by atoms with E-state index in [1.54, 1.807) is 55.7 Å². The molecule has 0 bridgehead atoms. The van der Waals surface area contributed by atoms with Gasteiger partial charge in [-0.15, -0.1) is 0 Å². The van der Waals surface area contributed by atoms with Crippen molar-refractivity contribution in [3.8, 4) is 11.5 Å². The number of methoxy groups -OCH3 is 1. The summed E-state index contributed by atoms with van der Waals surface area (Å²) in [6.45, 7) is -0.216. The topological polar surface area (TPSA) is 76.7 Å². The molecule has 0 saturated carbocycles. The number of halogens is 1. The summed E-state index contributed by atoms with van der Waals surface area (Å²) in [6.07, 6.45) is 1.63. The predicted octanol–water partition coefficient (Wildman–Crippen LogP) is 3.85. The van der Waals surface area contributed by atoms with Crippen LogP contribution in [-0.2, 0) is 9.59 Å². The van der Waals surface area contributed by atoms with Gasteiger partial charge in [-0.2, -0.15) is 0 Å². The largest absolute Gasteiger partial charge is 0.497 e. The van der Waals surface area contributed by atoms with Gasteiger partial charge in [0, 0.05) is 22.3 Å². The number of ether oxygens (including phenoxy) is 2. The molecule has 0 unspecified atom stereocenters. The van der Waals surface area contributed by atoms with E-state index < -0.39 is 0 Å². The molecule has 0 atom stereocenters. The van der Waals surface area contributed by atoms with E-state index >= 15 is 0 Å². The molecule has 2 aromatic carbocycles. The molecule has 0 spiro atoms. The number of amides is 2. The highest BCUT2D eigenvalue weighted by molar-refractivity contribution is 8.26. The zero-order chi connectivity index (χ0) is 20.1. The molecule has 6 nitrogen and oxygen atoms in total. The number of hydrogen-bond acceptors (Lipinski definition) is 6. The third-order valence-electron chi connectivity index (χ3n) is 3.61. The maximum atomic E-state index is 12.2. The first-order chi connectivity index (χ1) is 13.4. The van der Waals surface area contributed by atoms with Gasteiger partial charge in [0.05, 0.1) is 12.0 Å². The molecule has 144 valence electrons. The molecule has 1 aliphatic heterocycles. The van der Waals surface area contributed by atoms with Crippen LogP contribution >= 0.6 is 35.6 Å². The Morgan fingerprint density at radius 1 is 1.32 bits per heavy atom. The molecular weight excluding hydrogens is 420 g/mol. The number of anilines is 1. The van der Waals surface area contributed by atoms with Gasteiger partial charge in [-0.25, -0.2) is 0 Å². The van der Waals surface area contributed by atoms with Crippen molar-refractivity contribution >= 4 is 63.5 Å². The van der Waals surface area contributed by atoms with Crippen molar-refractivity contribution in [1.82, 2.24) is 5.32 Å². The number of benzene rings is 2. The minimum Gasteiger partial charge on any atom is -0.497 e. The average Bonchev–Trinajstić information content (AvgIpc) is 2.98. The number of rotatable bonds is 6. The molecule has 0 aromatic heterocycles. The van der Waals surface area contributed by atoms with E-state index in [1.807, 2.05) is 0 Å². The van der Waals surface area contributed by atoms with Crippen LogP contribution in [0.2, 0.25) is 5.02 Å². The molecule has 1 saturated heterocycles. The normalized spacial score (nSPS) is 14.7. The monoisotopic (exact) mass is 434 g/mol. The molecule has 1 aliphatic rings. The van der Waals surface area contributed by atoms with Crippen molar-refractivity contribution in [2.45, 2.75) is 0 Å². The number of carbonyl (C=O) groups is 2. The molecule has 3 rings (SSSR count). The van der Waals surface area contributed by atoms with Crippen LogP contribution in [-0.4, -0.2) is 29.9 Å². The number of nitrogens with one attached hydrogen (secondary N) is 2. The summed E-state index contributed by atoms with van der Waals surface area (Å²) in [5, 5.41) is 5.76. The third-order valence-corrected chi connectivity index (χ3v) is 5.01. The van der Waals surface area contributed by atoms with Gasteiger partial charge >= 0.3 is 0 Å². The van der Waals surface area contributed by atoms with Gasteiger partial charge in [0.1, 0.15) is 15.8 Å². The molecule has 9 heteroatoms. The van der Waals surface area contributed by atoms with E-state index in [0.29, 0.717) is 37.0 Å². The van der Waals surface area contributed by atoms with Crippen molar-refractivity contribution in [3.63, 3.8) is 0 Å². The molecule has 2 aromatic rings. The lowest BCUT2D eigenvalue weighted by molar-refractivity contribution is -0.118. The molecule has 28 heavy (non-hydrogen) atoms. The first-order valence-corrected chi connectivity index (χ1v) is 9.66. The minimum absolute atomic E-state index is 0.216. The van der Waals surface area contributed by atoms with Gasteiger partial charge in [-0.3, -0.25) is 9.59 Å². The minimum atomic E-state index is -0.337. The Balaban J connectivity index is 1.70. The number of hydrogen-bond donors (Lipinski definition) is 2. The van der Waals surface area contributed by atoms with Crippen molar-refractivity contribution < 1.29 is 19.1 Å². The summed E-state index contributed by atoms with van der Waals surface area (Å²) >= 11 is 12.2. The van der Waals surface area contributed by atoms with Gasteiger partial charge < -0.3 is 20.1 Å². The molecular formula is C19H15ClN2O4S2. The summed E-state index contributed by atoms with van der Waals surface area (Å²) in [5.41, 5.74) is 1.17. The highest BCUT2D eigenvalue weighted by atomic mass is 35.5. The van der Waals surface area contributed by atoms with Gasteiger partial charge in [-0.05, 0) is 36.4 Å². The van der Waals surface area contributed by atoms with Crippen LogP contribution in [0.5, 0.6) is 11.5 Å². The molecule has 0 radical (unpaired) electrons. The second-order valence-electron chi connectivity index (χ2n) is 5.60. The maximum absolute atomic E-state index is 12.2. The zero-order valence-corrected chi connectivity index (χ0v) is 17.0. The Morgan fingerprint density at radius 2 is 2.14 bits per heavy atom. The Morgan fingerprint density at radius 3 is 2.86 bits per heavy atom. The van der Waals surface area contributed by atoms with E-state index in [1.165, 1.54) is 0 Å². The quantitative estimate of drug-likeness (QED) is 0.531. The lowest BCUT2D eigenvalue weighted by atomic mass is 10.2. The van der Waals surface area contributed by atoms with Crippen molar-refractivity contribution in [1.29, 1.82) is 0 Å². The van der Waals surface area contributed by atoms with E-state index in [4.69, 9.17) is 33.3 Å². The van der Waals surface area contributed by atoms with Crippen molar-refractivity contribution in [2.75, 3.05) is 19.0 Å². The summed E-state index contributed by atoms with van der Waals surface area (Å²) < 4.78 is 11.1. The highest BCUT2D eigenvalue weighted by Gasteiger charge is 2.22. The first kappa shape index (κ1) is 20.2. The van der Waals surface area contributed by atoms with Crippen molar-refractivity contribution in [3.05, 3.63) is 58.0 Å². The number of thiocarbonyl (C=S) groups is 1. The molecule has 1 heterocycles. The van der Waals surface area contributed by atoms with E-state index in [-0.39, 0.29) is 18.4 Å². The summed E-state index contributed by atoms with van der Waals surface area (Å²) in [7, 11) is 1.55. The lowest BCUT2D eigenvalue weighted by Crippen LogP contribution is -2.20. The van der Waals surface area contributed by atoms with Crippen LogP contribution in [0.4, 0.5) is 5.69 Å². The Labute approximate surface area is 176 Å². The number of thioether (sulfide) groups is 1. The second-order valence-corrected chi connectivity index (χ2v) is 7.76. The fourth-order valence-corrected chi connectivity index (χ4v) is 3.58. The fraction of sp³-hybridized carbons (Fsp3) is 0.105. The van der Waals surface area contributed by atoms with Crippen LogP contribution in [0.1, 0.15) is 5.56 Å². The zero-order valence-electron chi connectivity index (χ0n) is 14.7. The highest BCUT2D eigenvalue weighted by Crippen LogP contribution is 2.31.